The summed E-state index contributed by atoms with van der Waals surface area (Å²) in [4.78, 5) is 24.4. The van der Waals surface area contributed by atoms with Gasteiger partial charge in [0.15, 0.2) is 0 Å². The van der Waals surface area contributed by atoms with Gasteiger partial charge >= 0.3 is 6.03 Å². The Morgan fingerprint density at radius 2 is 1.97 bits per heavy atom. The van der Waals surface area contributed by atoms with E-state index in [9.17, 15) is 9.59 Å². The summed E-state index contributed by atoms with van der Waals surface area (Å²) in [6, 6.07) is 13.6. The first-order valence-electron chi connectivity index (χ1n) is 11.7. The molecule has 9 heteroatoms. The molecule has 5 atom stereocenters. The highest BCUT2D eigenvalue weighted by Crippen LogP contribution is 2.41. The minimum absolute atomic E-state index is 0.0129. The summed E-state index contributed by atoms with van der Waals surface area (Å²) in [5, 5.41) is 10.6. The summed E-state index contributed by atoms with van der Waals surface area (Å²) < 4.78 is 6.31. The number of hydrogen-bond acceptors (Lipinski definition) is 4. The molecular formula is C25H27Cl2N3O3S. The van der Waals surface area contributed by atoms with E-state index in [1.165, 1.54) is 0 Å². The molecule has 3 heterocycles. The Labute approximate surface area is 213 Å². The Morgan fingerprint density at radius 1 is 1.15 bits per heavy atom. The summed E-state index contributed by atoms with van der Waals surface area (Å²) in [7, 11) is 0. The molecule has 2 fully saturated rings. The Kier molecular flexibility index (Phi) is 7.14. The topological polar surface area (TPSA) is 79.5 Å². The first kappa shape index (κ1) is 23.6. The van der Waals surface area contributed by atoms with E-state index in [1.54, 1.807) is 6.07 Å². The second-order valence-electron chi connectivity index (χ2n) is 9.07. The van der Waals surface area contributed by atoms with Crippen molar-refractivity contribution in [2.24, 2.45) is 0 Å². The molecule has 6 nitrogen and oxygen atoms in total. The van der Waals surface area contributed by atoms with Crippen molar-refractivity contribution in [3.8, 4) is 5.75 Å². The van der Waals surface area contributed by atoms with E-state index >= 15 is 0 Å². The number of carbonyl (C=O) groups excluding carboxylic acids is 2. The molecule has 2 aromatic carbocycles. The van der Waals surface area contributed by atoms with Gasteiger partial charge in [0.25, 0.3) is 0 Å². The van der Waals surface area contributed by atoms with Gasteiger partial charge in [0.2, 0.25) is 5.91 Å². The van der Waals surface area contributed by atoms with Crippen LogP contribution in [-0.4, -0.2) is 41.1 Å². The Bertz CT molecular complexity index is 1070. The summed E-state index contributed by atoms with van der Waals surface area (Å²) in [6.45, 7) is 0. The van der Waals surface area contributed by atoms with E-state index in [4.69, 9.17) is 27.9 Å². The molecule has 0 bridgehead atoms. The van der Waals surface area contributed by atoms with Gasteiger partial charge in [-0.25, -0.2) is 4.79 Å². The molecule has 0 spiro atoms. The third kappa shape index (κ3) is 5.11. The fraction of sp³-hybridized carbons (Fsp3) is 0.440. The molecule has 34 heavy (non-hydrogen) atoms. The molecular weight excluding hydrogens is 493 g/mol. The lowest BCUT2D eigenvalue weighted by Gasteiger charge is -2.35. The van der Waals surface area contributed by atoms with E-state index in [1.807, 2.05) is 48.2 Å². The number of unbranched alkanes of at least 4 members (excludes halogenated alkanes) is 1. The minimum atomic E-state index is -0.332. The summed E-state index contributed by atoms with van der Waals surface area (Å²) >= 11 is 14.5. The lowest BCUT2D eigenvalue weighted by Crippen LogP contribution is -2.45. The Balaban J connectivity index is 1.18. The zero-order valence-corrected chi connectivity index (χ0v) is 20.9. The molecule has 180 valence electrons. The standard InChI is InChI=1S/C25H27Cl2N3O3S/c26-16-10-15-11-18(24(14-6-2-1-3-7-14)33-23(15)17(27)12-16)28-21(31)9-5-4-8-20-22-19(13-34-20)29-25(32)30-22/h1-3,6-7,10,12,18-20,22,24H,4-5,8-9,11,13H2,(H,28,31)(H2,29,30,32)/t18?,19-,20-,22-,24?/m0/s1. The molecule has 3 N–H and O–H groups in total. The van der Waals surface area contributed by atoms with E-state index < -0.39 is 0 Å². The van der Waals surface area contributed by atoms with Crippen molar-refractivity contribution in [2.45, 2.75) is 61.6 Å². The molecule has 0 aliphatic carbocycles. The van der Waals surface area contributed by atoms with Crippen LogP contribution in [0.25, 0.3) is 0 Å². The van der Waals surface area contributed by atoms with Gasteiger partial charge in [-0.3, -0.25) is 4.79 Å². The van der Waals surface area contributed by atoms with Gasteiger partial charge in [0, 0.05) is 28.9 Å². The van der Waals surface area contributed by atoms with Gasteiger partial charge < -0.3 is 20.7 Å². The van der Waals surface area contributed by atoms with Crippen LogP contribution in [0.2, 0.25) is 10.0 Å². The van der Waals surface area contributed by atoms with Crippen LogP contribution in [0.3, 0.4) is 0 Å². The van der Waals surface area contributed by atoms with Gasteiger partial charge in [-0.1, -0.05) is 60.0 Å². The monoisotopic (exact) mass is 519 g/mol. The van der Waals surface area contributed by atoms with Crippen molar-refractivity contribution in [2.75, 3.05) is 5.75 Å². The number of carbonyl (C=O) groups is 2. The second kappa shape index (κ2) is 10.3. The average molecular weight is 520 g/mol. The molecule has 3 aliphatic heterocycles. The van der Waals surface area contributed by atoms with E-state index in [0.717, 1.165) is 36.1 Å². The van der Waals surface area contributed by atoms with Crippen molar-refractivity contribution >= 4 is 46.9 Å². The summed E-state index contributed by atoms with van der Waals surface area (Å²) in [5.74, 6) is 1.59. The molecule has 3 amide bonds. The van der Waals surface area contributed by atoms with Gasteiger partial charge in [-0.2, -0.15) is 11.8 Å². The van der Waals surface area contributed by atoms with Gasteiger partial charge in [-0.05, 0) is 36.1 Å². The van der Waals surface area contributed by atoms with Crippen molar-refractivity contribution in [3.63, 3.8) is 0 Å². The van der Waals surface area contributed by atoms with Crippen molar-refractivity contribution in [3.05, 3.63) is 63.6 Å². The number of ether oxygens (including phenoxy) is 1. The van der Waals surface area contributed by atoms with E-state index in [2.05, 4.69) is 16.0 Å². The normalized spacial score (nSPS) is 27.2. The highest BCUT2D eigenvalue weighted by molar-refractivity contribution is 8.00. The first-order valence-corrected chi connectivity index (χ1v) is 13.5. The lowest BCUT2D eigenvalue weighted by atomic mass is 9.92. The third-order valence-corrected chi connectivity index (χ3v) is 8.70. The van der Waals surface area contributed by atoms with Crippen LogP contribution in [0.1, 0.15) is 42.9 Å². The van der Waals surface area contributed by atoms with Crippen LogP contribution in [-0.2, 0) is 11.2 Å². The van der Waals surface area contributed by atoms with Crippen LogP contribution in [0, 0.1) is 0 Å². The molecule has 0 radical (unpaired) electrons. The summed E-state index contributed by atoms with van der Waals surface area (Å²) in [6.07, 6.45) is 3.46. The maximum Gasteiger partial charge on any atom is 0.315 e. The molecule has 2 aromatic rings. The predicted molar refractivity (Wildman–Crippen MR) is 136 cm³/mol. The smallest absolute Gasteiger partial charge is 0.315 e. The zero-order chi connectivity index (χ0) is 23.7. The number of halogens is 2. The quantitative estimate of drug-likeness (QED) is 0.359. The molecule has 0 aromatic heterocycles. The number of benzene rings is 2. The van der Waals surface area contributed by atoms with Crippen LogP contribution in [0.4, 0.5) is 4.79 Å². The largest absolute Gasteiger partial charge is 0.482 e. The van der Waals surface area contributed by atoms with Crippen LogP contribution in [0.5, 0.6) is 5.75 Å². The van der Waals surface area contributed by atoms with Crippen molar-refractivity contribution in [1.29, 1.82) is 0 Å². The third-order valence-electron chi connectivity index (χ3n) is 6.69. The molecule has 2 saturated heterocycles. The van der Waals surface area contributed by atoms with Gasteiger partial charge in [-0.15, -0.1) is 0 Å². The minimum Gasteiger partial charge on any atom is -0.482 e. The van der Waals surface area contributed by atoms with Crippen LogP contribution < -0.4 is 20.7 Å². The Hall–Kier alpha value is -2.09. The summed E-state index contributed by atoms with van der Waals surface area (Å²) in [5.41, 5.74) is 1.89. The number of urea groups is 1. The highest BCUT2D eigenvalue weighted by atomic mass is 35.5. The number of rotatable bonds is 7. The lowest BCUT2D eigenvalue weighted by molar-refractivity contribution is -0.122. The fourth-order valence-electron chi connectivity index (χ4n) is 5.07. The SMILES string of the molecule is O=C(CCCC[C@@H]1SC[C@@H]2NC(=O)N[C@@H]21)NC1Cc2cc(Cl)cc(Cl)c2OC1c1ccccc1. The highest BCUT2D eigenvalue weighted by Gasteiger charge is 2.42. The molecule has 2 unspecified atom stereocenters. The number of fused-ring (bicyclic) bond motifs is 2. The van der Waals surface area contributed by atoms with Gasteiger partial charge in [0.1, 0.15) is 11.9 Å². The molecule has 5 rings (SSSR count). The van der Waals surface area contributed by atoms with E-state index in [-0.39, 0.29) is 36.2 Å². The fourth-order valence-corrected chi connectivity index (χ4v) is 7.20. The van der Waals surface area contributed by atoms with Gasteiger partial charge in [0.05, 0.1) is 23.1 Å². The number of nitrogens with one attached hydrogen (secondary N) is 3. The van der Waals surface area contributed by atoms with Crippen molar-refractivity contribution < 1.29 is 14.3 Å². The molecule has 0 saturated carbocycles. The van der Waals surface area contributed by atoms with E-state index in [0.29, 0.717) is 33.9 Å². The number of hydrogen-bond donors (Lipinski definition) is 3. The van der Waals surface area contributed by atoms with Crippen molar-refractivity contribution in [1.82, 2.24) is 16.0 Å². The maximum absolute atomic E-state index is 12.9. The maximum atomic E-state index is 12.9. The number of thioether (sulfide) groups is 1. The average Bonchev–Trinajstić information content (AvgIpc) is 3.36. The van der Waals surface area contributed by atoms with Crippen LogP contribution >= 0.6 is 35.0 Å². The van der Waals surface area contributed by atoms with Crippen LogP contribution in [0.15, 0.2) is 42.5 Å². The second-order valence-corrected chi connectivity index (χ2v) is 11.2. The first-order chi connectivity index (χ1) is 16.5. The Morgan fingerprint density at radius 3 is 2.79 bits per heavy atom. The zero-order valence-electron chi connectivity index (χ0n) is 18.6. The predicted octanol–water partition coefficient (Wildman–Crippen LogP) is 4.88. The molecule has 3 aliphatic rings. The number of amides is 3.